The molecule has 5 nitrogen and oxygen atoms in total. The molecule has 0 bridgehead atoms. The van der Waals surface area contributed by atoms with E-state index in [0.717, 1.165) is 19.5 Å². The summed E-state index contributed by atoms with van der Waals surface area (Å²) >= 11 is 0. The van der Waals surface area contributed by atoms with E-state index >= 15 is 0 Å². The fourth-order valence-corrected chi connectivity index (χ4v) is 1.66. The van der Waals surface area contributed by atoms with Crippen molar-refractivity contribution in [2.75, 3.05) is 19.7 Å². The standard InChI is InChI=1S/C11H12F2N2O3/c12-8-4-11(9(13)3-10(8)15(16)17)18-2-1-7-5-14-6-7/h3-4,7,14H,1-2,5-6H2. The Labute approximate surface area is 102 Å². The van der Waals surface area contributed by atoms with Crippen LogP contribution >= 0.6 is 0 Å². The molecule has 0 radical (unpaired) electrons. The molecule has 0 amide bonds. The topological polar surface area (TPSA) is 64.4 Å². The molecule has 1 N–H and O–H groups in total. The van der Waals surface area contributed by atoms with E-state index in [-0.39, 0.29) is 12.4 Å². The number of nitro benzene ring substituents is 1. The number of rotatable bonds is 5. The summed E-state index contributed by atoms with van der Waals surface area (Å²) in [5.41, 5.74) is -0.886. The summed E-state index contributed by atoms with van der Waals surface area (Å²) in [5, 5.41) is 13.5. The smallest absolute Gasteiger partial charge is 0.307 e. The highest BCUT2D eigenvalue weighted by atomic mass is 19.1. The van der Waals surface area contributed by atoms with Crippen LogP contribution in [0.2, 0.25) is 0 Å². The summed E-state index contributed by atoms with van der Waals surface area (Å²) in [6.45, 7) is 2.07. The molecule has 1 aromatic carbocycles. The summed E-state index contributed by atoms with van der Waals surface area (Å²) in [6, 6.07) is 1.25. The van der Waals surface area contributed by atoms with Crippen molar-refractivity contribution in [2.45, 2.75) is 6.42 Å². The quantitative estimate of drug-likeness (QED) is 0.646. The van der Waals surface area contributed by atoms with Gasteiger partial charge in [0.2, 0.25) is 5.82 Å². The zero-order chi connectivity index (χ0) is 13.1. The number of ether oxygens (including phenoxy) is 1. The molecule has 1 aromatic rings. The molecule has 18 heavy (non-hydrogen) atoms. The maximum absolute atomic E-state index is 13.4. The molecule has 0 aliphatic carbocycles. The van der Waals surface area contributed by atoms with E-state index in [1.165, 1.54) is 0 Å². The van der Waals surface area contributed by atoms with E-state index in [4.69, 9.17) is 4.74 Å². The highest BCUT2D eigenvalue weighted by Gasteiger charge is 2.20. The lowest BCUT2D eigenvalue weighted by Crippen LogP contribution is -2.42. The molecule has 1 aliphatic rings. The molecule has 1 saturated heterocycles. The Morgan fingerprint density at radius 3 is 2.67 bits per heavy atom. The maximum Gasteiger partial charge on any atom is 0.307 e. The second-order valence-corrected chi connectivity index (χ2v) is 4.15. The SMILES string of the molecule is O=[N+]([O-])c1cc(F)c(OCCC2CNC2)cc1F. The third-order valence-corrected chi connectivity index (χ3v) is 2.85. The number of nitro groups is 1. The molecule has 7 heteroatoms. The number of nitrogens with one attached hydrogen (secondary N) is 1. The van der Waals surface area contributed by atoms with Crippen LogP contribution in [0.15, 0.2) is 12.1 Å². The van der Waals surface area contributed by atoms with Crippen LogP contribution in [0.1, 0.15) is 6.42 Å². The van der Waals surface area contributed by atoms with Crippen molar-refractivity contribution in [3.63, 3.8) is 0 Å². The molecule has 0 saturated carbocycles. The first-order chi connectivity index (χ1) is 8.58. The van der Waals surface area contributed by atoms with Crippen LogP contribution in [0.5, 0.6) is 5.75 Å². The van der Waals surface area contributed by atoms with E-state index in [1.807, 2.05) is 0 Å². The van der Waals surface area contributed by atoms with Gasteiger partial charge in [-0.1, -0.05) is 0 Å². The second kappa shape index (κ2) is 5.26. The number of hydrogen-bond acceptors (Lipinski definition) is 4. The highest BCUT2D eigenvalue weighted by Crippen LogP contribution is 2.26. The number of hydrogen-bond donors (Lipinski definition) is 1. The Balaban J connectivity index is 1.99. The van der Waals surface area contributed by atoms with Crippen LogP contribution in [-0.2, 0) is 0 Å². The molecule has 1 aliphatic heterocycles. The molecule has 2 rings (SSSR count). The Kier molecular flexibility index (Phi) is 3.71. The zero-order valence-electron chi connectivity index (χ0n) is 9.49. The van der Waals surface area contributed by atoms with Gasteiger partial charge >= 0.3 is 5.69 Å². The van der Waals surface area contributed by atoms with Crippen molar-refractivity contribution >= 4 is 5.69 Å². The van der Waals surface area contributed by atoms with Gasteiger partial charge in [0.25, 0.3) is 0 Å². The lowest BCUT2D eigenvalue weighted by atomic mass is 10.0. The Morgan fingerprint density at radius 2 is 2.11 bits per heavy atom. The van der Waals surface area contributed by atoms with E-state index in [2.05, 4.69) is 5.32 Å². The number of benzene rings is 1. The lowest BCUT2D eigenvalue weighted by molar-refractivity contribution is -0.387. The van der Waals surface area contributed by atoms with Gasteiger partial charge in [-0.05, 0) is 25.4 Å². The summed E-state index contributed by atoms with van der Waals surface area (Å²) in [5.74, 6) is -1.81. The molecular formula is C11H12F2N2O3. The van der Waals surface area contributed by atoms with Gasteiger partial charge < -0.3 is 10.1 Å². The molecule has 0 spiro atoms. The first-order valence-corrected chi connectivity index (χ1v) is 5.55. The Hall–Kier alpha value is -1.76. The maximum atomic E-state index is 13.4. The lowest BCUT2D eigenvalue weighted by Gasteiger charge is -2.26. The van der Waals surface area contributed by atoms with Crippen LogP contribution in [-0.4, -0.2) is 24.6 Å². The van der Waals surface area contributed by atoms with E-state index in [0.29, 0.717) is 18.1 Å². The van der Waals surface area contributed by atoms with Crippen molar-refractivity contribution in [3.8, 4) is 5.75 Å². The van der Waals surface area contributed by atoms with Crippen LogP contribution in [0, 0.1) is 27.7 Å². The summed E-state index contributed by atoms with van der Waals surface area (Å²) < 4.78 is 31.7. The average molecular weight is 258 g/mol. The molecule has 98 valence electrons. The average Bonchev–Trinajstić information content (AvgIpc) is 2.25. The van der Waals surface area contributed by atoms with Crippen LogP contribution in [0.3, 0.4) is 0 Å². The van der Waals surface area contributed by atoms with E-state index in [1.54, 1.807) is 0 Å². The van der Waals surface area contributed by atoms with Crippen molar-refractivity contribution in [2.24, 2.45) is 5.92 Å². The predicted molar refractivity (Wildman–Crippen MR) is 59.5 cm³/mol. The third-order valence-electron chi connectivity index (χ3n) is 2.85. The van der Waals surface area contributed by atoms with Gasteiger partial charge in [-0.15, -0.1) is 0 Å². The highest BCUT2D eigenvalue weighted by molar-refractivity contribution is 5.39. The molecule has 0 aromatic heterocycles. The predicted octanol–water partition coefficient (Wildman–Crippen LogP) is 1.86. The van der Waals surface area contributed by atoms with Crippen molar-refractivity contribution in [1.82, 2.24) is 5.32 Å². The molecular weight excluding hydrogens is 246 g/mol. The van der Waals surface area contributed by atoms with Gasteiger partial charge in [0, 0.05) is 6.07 Å². The van der Waals surface area contributed by atoms with E-state index < -0.39 is 22.2 Å². The van der Waals surface area contributed by atoms with Gasteiger partial charge in [0.1, 0.15) is 0 Å². The minimum absolute atomic E-state index is 0.264. The van der Waals surface area contributed by atoms with Gasteiger partial charge in [-0.25, -0.2) is 4.39 Å². The zero-order valence-corrected chi connectivity index (χ0v) is 9.49. The minimum Gasteiger partial charge on any atom is -0.490 e. The normalized spacial score (nSPS) is 15.2. The van der Waals surface area contributed by atoms with Crippen molar-refractivity contribution in [1.29, 1.82) is 0 Å². The number of halogens is 2. The third kappa shape index (κ3) is 2.73. The van der Waals surface area contributed by atoms with Gasteiger partial charge in [0.05, 0.1) is 17.6 Å². The molecule has 0 atom stereocenters. The summed E-state index contributed by atoms with van der Waals surface area (Å²) in [4.78, 5) is 9.42. The fraction of sp³-hybridized carbons (Fsp3) is 0.455. The summed E-state index contributed by atoms with van der Waals surface area (Å²) in [6.07, 6.45) is 0.741. The Bertz CT molecular complexity index is 464. The summed E-state index contributed by atoms with van der Waals surface area (Å²) in [7, 11) is 0. The second-order valence-electron chi connectivity index (χ2n) is 4.15. The van der Waals surface area contributed by atoms with Crippen LogP contribution in [0.25, 0.3) is 0 Å². The van der Waals surface area contributed by atoms with Crippen LogP contribution in [0.4, 0.5) is 14.5 Å². The minimum atomic E-state index is -1.10. The number of nitrogens with zero attached hydrogens (tertiary/aromatic N) is 1. The molecule has 1 fully saturated rings. The van der Waals surface area contributed by atoms with Crippen LogP contribution < -0.4 is 10.1 Å². The van der Waals surface area contributed by atoms with Gasteiger partial charge in [-0.2, -0.15) is 4.39 Å². The molecule has 0 unspecified atom stereocenters. The first-order valence-electron chi connectivity index (χ1n) is 5.55. The van der Waals surface area contributed by atoms with E-state index in [9.17, 15) is 18.9 Å². The largest absolute Gasteiger partial charge is 0.490 e. The monoisotopic (exact) mass is 258 g/mol. The van der Waals surface area contributed by atoms with Gasteiger partial charge in [0.15, 0.2) is 11.6 Å². The fourth-order valence-electron chi connectivity index (χ4n) is 1.66. The van der Waals surface area contributed by atoms with Crippen molar-refractivity contribution in [3.05, 3.63) is 33.9 Å². The van der Waals surface area contributed by atoms with Crippen molar-refractivity contribution < 1.29 is 18.4 Å². The van der Waals surface area contributed by atoms with Gasteiger partial charge in [-0.3, -0.25) is 10.1 Å². The Morgan fingerprint density at radius 1 is 1.39 bits per heavy atom. The first kappa shape index (κ1) is 12.7. The molecule has 1 heterocycles.